The molecule has 0 bridgehead atoms. The van der Waals surface area contributed by atoms with Crippen molar-refractivity contribution in [3.63, 3.8) is 0 Å². The number of fused-ring (bicyclic) bond motifs is 1. The fraction of sp³-hybridized carbons (Fsp3) is 0.345. The van der Waals surface area contributed by atoms with Crippen molar-refractivity contribution in [1.29, 1.82) is 0 Å². The van der Waals surface area contributed by atoms with Crippen LogP contribution in [-0.4, -0.2) is 128 Å². The van der Waals surface area contributed by atoms with Crippen LogP contribution in [0.4, 0.5) is 14.5 Å². The van der Waals surface area contributed by atoms with Crippen LogP contribution < -0.4 is 26.2 Å². The van der Waals surface area contributed by atoms with Gasteiger partial charge in [0.15, 0.2) is 0 Å². The van der Waals surface area contributed by atoms with Gasteiger partial charge in [0.1, 0.15) is 34.5 Å². The Morgan fingerprint density at radius 2 is 1.49 bits per heavy atom. The van der Waals surface area contributed by atoms with E-state index in [1.54, 1.807) is 35.9 Å². The van der Waals surface area contributed by atoms with Crippen molar-refractivity contribution in [1.82, 2.24) is 45.3 Å². The summed E-state index contributed by atoms with van der Waals surface area (Å²) in [5, 5.41) is 28.4. The van der Waals surface area contributed by atoms with Crippen molar-refractivity contribution >= 4 is 63.0 Å². The van der Waals surface area contributed by atoms with Crippen LogP contribution in [0.5, 0.6) is 5.75 Å². The third-order valence-corrected chi connectivity index (χ3v) is 14.6. The quantitative estimate of drug-likeness (QED) is 0.0220. The largest absolute Gasteiger partial charge is 0.487 e. The summed E-state index contributed by atoms with van der Waals surface area (Å²) >= 11 is 3.31. The summed E-state index contributed by atoms with van der Waals surface area (Å²) in [5.74, 6) is -5.29. The van der Waals surface area contributed by atoms with Crippen LogP contribution in [0.2, 0.25) is 0 Å². The molecule has 8 rings (SSSR count). The minimum absolute atomic E-state index is 0.0113. The van der Waals surface area contributed by atoms with E-state index >= 15 is 0 Å². The zero-order chi connectivity index (χ0) is 60.0. The van der Waals surface area contributed by atoms with Gasteiger partial charge in [-0.3, -0.25) is 67.5 Å². The molecule has 2 aromatic heterocycles. The van der Waals surface area contributed by atoms with Gasteiger partial charge in [-0.1, -0.05) is 29.5 Å². The highest BCUT2D eigenvalue weighted by molar-refractivity contribution is 9.10. The average Bonchev–Trinajstić information content (AvgIpc) is 2.88. The van der Waals surface area contributed by atoms with E-state index in [1.807, 2.05) is 13.1 Å². The number of halogens is 3. The number of piperidine rings is 1. The number of hydrogen-bond acceptors (Lipinski definition) is 15. The van der Waals surface area contributed by atoms with Crippen LogP contribution >= 0.6 is 15.9 Å². The lowest BCUT2D eigenvalue weighted by atomic mass is 10.0. The molecule has 1 fully saturated rings. The number of benzene rings is 4. The average molecular weight is 1220 g/mol. The Morgan fingerprint density at radius 1 is 0.786 bits per heavy atom. The Balaban J connectivity index is 0.656. The molecule has 3 N–H and O–H groups in total. The van der Waals surface area contributed by atoms with E-state index in [9.17, 15) is 57.3 Å². The Kier molecular flexibility index (Phi) is 20.7. The number of nitrogens with one attached hydrogen (secondary N) is 3. The SMILES string of the molecule is Cc1ccc(C(=O)NCCCCc2cn(CCCC(=O)NCCOCCOCCNC(=O)c3ccc4c(c3)C(=O)N(C3CCC(=O)N(Cc5ccccc5[N+](=O)[O-])C3=O)C4=O)nn2)cc1-n1c(C)cc(OCc2ccc(F)cc2F)c(Br)c1=O. The van der Waals surface area contributed by atoms with Crippen LogP contribution in [0.1, 0.15) is 108 Å². The molecule has 0 spiro atoms. The maximum atomic E-state index is 14.2. The molecular formula is C58H59BrF2N10O13. The first-order valence-electron chi connectivity index (χ1n) is 27.0. The van der Waals surface area contributed by atoms with E-state index in [-0.39, 0.29) is 121 Å². The smallest absolute Gasteiger partial charge is 0.274 e. The lowest BCUT2D eigenvalue weighted by Gasteiger charge is -2.34. The van der Waals surface area contributed by atoms with Gasteiger partial charge in [-0.2, -0.15) is 0 Å². The van der Waals surface area contributed by atoms with Gasteiger partial charge in [-0.25, -0.2) is 8.78 Å². The highest BCUT2D eigenvalue weighted by Crippen LogP contribution is 2.32. The van der Waals surface area contributed by atoms with E-state index in [1.165, 1.54) is 53.1 Å². The van der Waals surface area contributed by atoms with Crippen molar-refractivity contribution < 1.29 is 61.5 Å². The van der Waals surface area contributed by atoms with E-state index in [2.05, 4.69) is 42.2 Å². The molecule has 1 atom stereocenters. The van der Waals surface area contributed by atoms with Crippen molar-refractivity contribution in [3.05, 3.63) is 178 Å². The molecular weight excluding hydrogens is 1160 g/mol. The number of imide groups is 2. The van der Waals surface area contributed by atoms with E-state index < -0.39 is 64.2 Å². The summed E-state index contributed by atoms with van der Waals surface area (Å²) < 4.78 is 47.6. The fourth-order valence-corrected chi connectivity index (χ4v) is 9.89. The van der Waals surface area contributed by atoms with Gasteiger partial charge in [0.2, 0.25) is 11.8 Å². The number of nitro groups is 1. The van der Waals surface area contributed by atoms with Crippen molar-refractivity contribution in [3.8, 4) is 11.4 Å². The minimum Gasteiger partial charge on any atom is -0.487 e. The molecule has 23 nitrogen and oxygen atoms in total. The maximum absolute atomic E-state index is 14.2. The summed E-state index contributed by atoms with van der Waals surface area (Å²) in [7, 11) is 0. The summed E-state index contributed by atoms with van der Waals surface area (Å²) in [6.45, 7) is 5.00. The summed E-state index contributed by atoms with van der Waals surface area (Å²) in [6.07, 6.45) is 4.34. The molecule has 4 aromatic carbocycles. The first kappa shape index (κ1) is 61.2. The van der Waals surface area contributed by atoms with Crippen molar-refractivity contribution in [2.75, 3.05) is 46.1 Å². The number of hydrogen-bond donors (Lipinski definition) is 3. The van der Waals surface area contributed by atoms with Crippen LogP contribution in [0.15, 0.2) is 100 Å². The molecule has 4 heterocycles. The molecule has 84 heavy (non-hydrogen) atoms. The predicted octanol–water partition coefficient (Wildman–Crippen LogP) is 6.00. The number of carbonyl (C=O) groups excluding carboxylic acids is 7. The van der Waals surface area contributed by atoms with Crippen molar-refractivity contribution in [2.24, 2.45) is 0 Å². The first-order valence-corrected chi connectivity index (χ1v) is 27.7. The summed E-state index contributed by atoms with van der Waals surface area (Å²) in [5.41, 5.74) is 2.40. The monoisotopic (exact) mass is 1220 g/mol. The predicted molar refractivity (Wildman–Crippen MR) is 300 cm³/mol. The molecule has 1 unspecified atom stereocenters. The Bertz CT molecular complexity index is 3580. The number of nitrogens with zero attached hydrogens (tertiary/aromatic N) is 7. The van der Waals surface area contributed by atoms with Crippen molar-refractivity contribution in [2.45, 2.75) is 84.5 Å². The molecule has 1 saturated heterocycles. The van der Waals surface area contributed by atoms with Gasteiger partial charge in [0.05, 0.1) is 60.4 Å². The van der Waals surface area contributed by atoms with Crippen LogP contribution in [-0.2, 0) is 50.0 Å². The normalized spacial score (nSPS) is 14.0. The number of rotatable bonds is 28. The molecule has 2 aliphatic rings. The third kappa shape index (κ3) is 15.0. The first-order chi connectivity index (χ1) is 40.4. The fourth-order valence-electron chi connectivity index (χ4n) is 9.49. The van der Waals surface area contributed by atoms with Gasteiger partial charge in [-0.15, -0.1) is 5.10 Å². The van der Waals surface area contributed by atoms with Gasteiger partial charge >= 0.3 is 0 Å². The van der Waals surface area contributed by atoms with E-state index in [0.717, 1.165) is 39.6 Å². The Hall–Kier alpha value is -8.88. The molecule has 0 radical (unpaired) electrons. The lowest BCUT2D eigenvalue weighted by molar-refractivity contribution is -0.385. The Labute approximate surface area is 487 Å². The third-order valence-electron chi connectivity index (χ3n) is 13.9. The number of nitro benzene ring substituents is 1. The second kappa shape index (κ2) is 28.4. The molecule has 26 heteroatoms. The number of unbranched alkanes of at least 4 members (excludes halogenated alkanes) is 1. The van der Waals surface area contributed by atoms with Gasteiger partial charge in [0, 0.05) is 91.4 Å². The Morgan fingerprint density at radius 3 is 2.24 bits per heavy atom. The number of ether oxygens (including phenoxy) is 3. The summed E-state index contributed by atoms with van der Waals surface area (Å²) in [6, 6.07) is 18.1. The highest BCUT2D eigenvalue weighted by Gasteiger charge is 2.47. The lowest BCUT2D eigenvalue weighted by Crippen LogP contribution is -2.55. The molecule has 0 aliphatic carbocycles. The van der Waals surface area contributed by atoms with Gasteiger partial charge in [0.25, 0.3) is 40.8 Å². The number of pyridine rings is 1. The number of carbonyl (C=O) groups is 7. The standard InChI is InChI=1S/C58H59BrF2N10O13/c1-35-12-13-38(30-48(35)69-36(2)28-49(52(59)58(69)79)84-34-40-14-16-41(60)31-45(40)61)54(75)63-20-6-5-9-42-33-67(66-65-42)23-7-11-50(72)62-21-24-82-26-27-83-25-22-64-53(74)37-15-17-43-44(29-37)56(77)70(55(43)76)47-18-19-51(73)68(57(47)78)32-39-8-3-4-10-46(39)71(80)81/h3-4,8,10,12-17,28-31,33,47H,5-7,9,11,18-27,32,34H2,1-2H3,(H,62,72)(H,63,75)(H,64,74). The molecule has 6 aromatic rings. The molecule has 7 amide bonds. The van der Waals surface area contributed by atoms with E-state index in [0.29, 0.717) is 49.3 Å². The zero-order valence-electron chi connectivity index (χ0n) is 45.8. The van der Waals surface area contributed by atoms with Crippen LogP contribution in [0.3, 0.4) is 0 Å². The van der Waals surface area contributed by atoms with Gasteiger partial charge in [-0.05, 0) is 110 Å². The minimum atomic E-state index is -1.32. The maximum Gasteiger partial charge on any atom is 0.274 e. The molecule has 440 valence electrons. The van der Waals surface area contributed by atoms with E-state index in [4.69, 9.17) is 14.2 Å². The molecule has 0 saturated carbocycles. The topological polar surface area (TPSA) is 286 Å². The second-order valence-corrected chi connectivity index (χ2v) is 20.5. The molecule has 2 aliphatic heterocycles. The van der Waals surface area contributed by atoms with Crippen LogP contribution in [0.25, 0.3) is 5.69 Å². The second-order valence-electron chi connectivity index (χ2n) is 19.7. The zero-order valence-corrected chi connectivity index (χ0v) is 47.4. The van der Waals surface area contributed by atoms with Crippen LogP contribution in [0, 0.1) is 35.6 Å². The van der Waals surface area contributed by atoms with Gasteiger partial charge < -0.3 is 30.2 Å². The summed E-state index contributed by atoms with van der Waals surface area (Å²) in [4.78, 5) is 118. The number of likely N-dealkylation sites (tertiary alicyclic amines) is 1. The number of aryl methyl sites for hydroxylation is 4. The number of aromatic nitrogens is 4. The number of amides is 7. The number of para-hydroxylation sites is 1. The highest BCUT2D eigenvalue weighted by atomic mass is 79.9.